The number of benzene rings is 1. The Morgan fingerprint density at radius 3 is 2.77 bits per heavy atom. The molecule has 1 rings (SSSR count). The lowest BCUT2D eigenvalue weighted by molar-refractivity contribution is 0.409. The highest BCUT2D eigenvalue weighted by atomic mass is 79.9. The lowest BCUT2D eigenvalue weighted by Crippen LogP contribution is -2.02. The number of methoxy groups -OCH3 is 1. The summed E-state index contributed by atoms with van der Waals surface area (Å²) in [6, 6.07) is 5.50. The van der Waals surface area contributed by atoms with Crippen LogP contribution in [0.4, 0.5) is 0 Å². The fraction of sp³-hybridized carbons (Fsp3) is 0.222. The average Bonchev–Trinajstić information content (AvgIpc) is 2.17. The second-order valence-corrected chi connectivity index (χ2v) is 3.22. The molecule has 0 unspecified atom stereocenters. The third-order valence-corrected chi connectivity index (χ3v) is 2.65. The van der Waals surface area contributed by atoms with Gasteiger partial charge in [-0.05, 0) is 28.1 Å². The molecule has 1 aromatic carbocycles. The Balaban J connectivity index is 3.34. The summed E-state index contributed by atoms with van der Waals surface area (Å²) in [5, 5.41) is 8.74. The molecular weight excluding hydrogens is 232 g/mol. The predicted octanol–water partition coefficient (Wildman–Crippen LogP) is 1.79. The van der Waals surface area contributed by atoms with Crippen LogP contribution in [0.2, 0.25) is 0 Å². The molecule has 0 aliphatic rings. The normalized spacial score (nSPS) is 9.38. The van der Waals surface area contributed by atoms with Crippen LogP contribution in [0.15, 0.2) is 16.6 Å². The number of halogens is 1. The van der Waals surface area contributed by atoms with Gasteiger partial charge in [0.25, 0.3) is 0 Å². The van der Waals surface area contributed by atoms with Crippen LogP contribution in [0.25, 0.3) is 0 Å². The summed E-state index contributed by atoms with van der Waals surface area (Å²) >= 11 is 3.31. The van der Waals surface area contributed by atoms with Crippen LogP contribution in [0.1, 0.15) is 11.1 Å². The van der Waals surface area contributed by atoms with Crippen LogP contribution >= 0.6 is 15.9 Å². The molecule has 0 aliphatic heterocycles. The SMILES string of the molecule is COc1ccc(C#N)c(Br)c1CN. The van der Waals surface area contributed by atoms with E-state index >= 15 is 0 Å². The van der Waals surface area contributed by atoms with Crippen LogP contribution in [0, 0.1) is 11.3 Å². The maximum atomic E-state index is 8.74. The highest BCUT2D eigenvalue weighted by molar-refractivity contribution is 9.10. The average molecular weight is 241 g/mol. The summed E-state index contributed by atoms with van der Waals surface area (Å²) in [6.45, 7) is 0.347. The van der Waals surface area contributed by atoms with Gasteiger partial charge in [-0.3, -0.25) is 0 Å². The smallest absolute Gasteiger partial charge is 0.124 e. The zero-order valence-corrected chi connectivity index (χ0v) is 8.76. The Hall–Kier alpha value is -1.05. The standard InChI is InChI=1S/C9H9BrN2O/c1-13-8-3-2-6(4-11)9(10)7(8)5-12/h2-3H,5,12H2,1H3. The number of nitrogens with zero attached hydrogens (tertiary/aromatic N) is 1. The van der Waals surface area contributed by atoms with Gasteiger partial charge in [0, 0.05) is 16.6 Å². The van der Waals surface area contributed by atoms with E-state index in [1.807, 2.05) is 0 Å². The van der Waals surface area contributed by atoms with Crippen molar-refractivity contribution in [3.8, 4) is 11.8 Å². The molecule has 0 aromatic heterocycles. The van der Waals surface area contributed by atoms with Gasteiger partial charge in [0.05, 0.1) is 12.7 Å². The van der Waals surface area contributed by atoms with E-state index in [0.717, 1.165) is 10.0 Å². The Bertz CT molecular complexity index is 357. The molecule has 68 valence electrons. The van der Waals surface area contributed by atoms with Crippen LogP contribution in [0.5, 0.6) is 5.75 Å². The van der Waals surface area contributed by atoms with Gasteiger partial charge in [0.1, 0.15) is 11.8 Å². The summed E-state index contributed by atoms with van der Waals surface area (Å²) in [6.07, 6.45) is 0. The number of hydrogen-bond acceptors (Lipinski definition) is 3. The fourth-order valence-corrected chi connectivity index (χ4v) is 1.65. The van der Waals surface area contributed by atoms with Crippen molar-refractivity contribution in [1.29, 1.82) is 5.26 Å². The van der Waals surface area contributed by atoms with E-state index in [2.05, 4.69) is 22.0 Å². The van der Waals surface area contributed by atoms with Crippen molar-refractivity contribution in [3.05, 3.63) is 27.7 Å². The van der Waals surface area contributed by atoms with Gasteiger partial charge < -0.3 is 10.5 Å². The quantitative estimate of drug-likeness (QED) is 0.858. The van der Waals surface area contributed by atoms with E-state index < -0.39 is 0 Å². The molecule has 4 heteroatoms. The predicted molar refractivity (Wildman–Crippen MR) is 53.3 cm³/mol. The molecule has 0 atom stereocenters. The number of nitrogens with two attached hydrogens (primary N) is 1. The molecular formula is C9H9BrN2O. The maximum absolute atomic E-state index is 8.74. The second-order valence-electron chi connectivity index (χ2n) is 2.42. The summed E-state index contributed by atoms with van der Waals surface area (Å²) in [7, 11) is 1.58. The summed E-state index contributed by atoms with van der Waals surface area (Å²) in [4.78, 5) is 0. The van der Waals surface area contributed by atoms with Crippen molar-refractivity contribution in [1.82, 2.24) is 0 Å². The van der Waals surface area contributed by atoms with E-state index in [1.54, 1.807) is 19.2 Å². The highest BCUT2D eigenvalue weighted by Crippen LogP contribution is 2.29. The second kappa shape index (κ2) is 4.26. The molecule has 0 heterocycles. The third kappa shape index (κ3) is 1.82. The summed E-state index contributed by atoms with van der Waals surface area (Å²) in [5.74, 6) is 0.702. The lowest BCUT2D eigenvalue weighted by atomic mass is 10.1. The van der Waals surface area contributed by atoms with Gasteiger partial charge in [-0.2, -0.15) is 5.26 Å². The van der Waals surface area contributed by atoms with Crippen LogP contribution in [0.3, 0.4) is 0 Å². The number of ether oxygens (including phenoxy) is 1. The fourth-order valence-electron chi connectivity index (χ4n) is 1.07. The maximum Gasteiger partial charge on any atom is 0.124 e. The molecule has 0 fully saturated rings. The van der Waals surface area contributed by atoms with Crippen molar-refractivity contribution in [2.75, 3.05) is 7.11 Å². The molecule has 0 amide bonds. The Morgan fingerprint density at radius 1 is 1.62 bits per heavy atom. The first-order valence-corrected chi connectivity index (χ1v) is 4.49. The van der Waals surface area contributed by atoms with Gasteiger partial charge in [0.15, 0.2) is 0 Å². The van der Waals surface area contributed by atoms with Crippen molar-refractivity contribution in [3.63, 3.8) is 0 Å². The zero-order chi connectivity index (χ0) is 9.84. The van der Waals surface area contributed by atoms with Gasteiger partial charge >= 0.3 is 0 Å². The summed E-state index contributed by atoms with van der Waals surface area (Å²) < 4.78 is 5.82. The molecule has 3 nitrogen and oxygen atoms in total. The molecule has 0 bridgehead atoms. The van der Waals surface area contributed by atoms with Crippen molar-refractivity contribution in [2.24, 2.45) is 5.73 Å². The Labute approximate surface area is 85.2 Å². The van der Waals surface area contributed by atoms with Crippen LogP contribution in [-0.4, -0.2) is 7.11 Å². The van der Waals surface area contributed by atoms with Crippen molar-refractivity contribution < 1.29 is 4.74 Å². The Kier molecular flexibility index (Phi) is 3.29. The van der Waals surface area contributed by atoms with Crippen molar-refractivity contribution >= 4 is 15.9 Å². The van der Waals surface area contributed by atoms with E-state index in [-0.39, 0.29) is 0 Å². The minimum atomic E-state index is 0.347. The van der Waals surface area contributed by atoms with Gasteiger partial charge in [-0.1, -0.05) is 0 Å². The minimum absolute atomic E-state index is 0.347. The van der Waals surface area contributed by atoms with Crippen LogP contribution in [-0.2, 0) is 6.54 Å². The summed E-state index contributed by atoms with van der Waals surface area (Å²) in [5.41, 5.74) is 6.92. The minimum Gasteiger partial charge on any atom is -0.496 e. The molecule has 0 aliphatic carbocycles. The first-order valence-electron chi connectivity index (χ1n) is 3.70. The molecule has 1 aromatic rings. The molecule has 0 radical (unpaired) electrons. The zero-order valence-electron chi connectivity index (χ0n) is 7.17. The monoisotopic (exact) mass is 240 g/mol. The first-order chi connectivity index (χ1) is 6.24. The first kappa shape index (κ1) is 10.0. The lowest BCUT2D eigenvalue weighted by Gasteiger charge is -2.09. The van der Waals surface area contributed by atoms with Gasteiger partial charge in [-0.25, -0.2) is 0 Å². The number of nitriles is 1. The van der Waals surface area contributed by atoms with Gasteiger partial charge in [0.2, 0.25) is 0 Å². The molecule has 2 N–H and O–H groups in total. The molecule has 0 saturated carbocycles. The van der Waals surface area contributed by atoms with E-state index in [1.165, 1.54) is 0 Å². The molecule has 0 saturated heterocycles. The number of hydrogen-bond donors (Lipinski definition) is 1. The van der Waals surface area contributed by atoms with E-state index in [9.17, 15) is 0 Å². The van der Waals surface area contributed by atoms with Crippen molar-refractivity contribution in [2.45, 2.75) is 6.54 Å². The highest BCUT2D eigenvalue weighted by Gasteiger charge is 2.09. The number of rotatable bonds is 2. The van der Waals surface area contributed by atoms with E-state index in [4.69, 9.17) is 15.7 Å². The largest absolute Gasteiger partial charge is 0.496 e. The van der Waals surface area contributed by atoms with Gasteiger partial charge in [-0.15, -0.1) is 0 Å². The molecule has 0 spiro atoms. The van der Waals surface area contributed by atoms with E-state index in [0.29, 0.717) is 17.9 Å². The third-order valence-electron chi connectivity index (χ3n) is 1.74. The Morgan fingerprint density at radius 2 is 2.31 bits per heavy atom. The topological polar surface area (TPSA) is 59.0 Å². The van der Waals surface area contributed by atoms with Crippen LogP contribution < -0.4 is 10.5 Å². The molecule has 13 heavy (non-hydrogen) atoms.